The molecule has 0 fully saturated rings. The summed E-state index contributed by atoms with van der Waals surface area (Å²) in [5, 5.41) is 0. The minimum atomic E-state index is -0.294. The van der Waals surface area contributed by atoms with Crippen LogP contribution in [0.3, 0.4) is 0 Å². The second-order valence-electron chi connectivity index (χ2n) is 3.63. The van der Waals surface area contributed by atoms with E-state index in [9.17, 15) is 4.39 Å². The number of aromatic nitrogens is 1. The van der Waals surface area contributed by atoms with Crippen molar-refractivity contribution in [3.63, 3.8) is 0 Å². The van der Waals surface area contributed by atoms with Crippen molar-refractivity contribution in [3.05, 3.63) is 59.5 Å². The van der Waals surface area contributed by atoms with Crippen LogP contribution in [-0.2, 0) is 6.61 Å². The van der Waals surface area contributed by atoms with Crippen molar-refractivity contribution in [1.29, 1.82) is 0 Å². The van der Waals surface area contributed by atoms with Gasteiger partial charge in [-0.1, -0.05) is 30.4 Å². The molecule has 1 aromatic carbocycles. The zero-order valence-corrected chi connectivity index (χ0v) is 10.3. The van der Waals surface area contributed by atoms with Crippen molar-refractivity contribution in [2.75, 3.05) is 0 Å². The quantitative estimate of drug-likeness (QED) is 0.860. The Balaban J connectivity index is 2.02. The maximum Gasteiger partial charge on any atom is 0.213 e. The molecule has 0 radical (unpaired) electrons. The molecule has 0 saturated heterocycles. The van der Waals surface area contributed by atoms with Gasteiger partial charge in [0.25, 0.3) is 0 Å². The zero-order valence-electron chi connectivity index (χ0n) is 9.47. The van der Waals surface area contributed by atoms with E-state index in [2.05, 4.69) is 4.98 Å². The smallest absolute Gasteiger partial charge is 0.213 e. The molecule has 0 amide bonds. The Hall–Kier alpha value is -2.01. The van der Waals surface area contributed by atoms with Gasteiger partial charge in [0.1, 0.15) is 17.4 Å². The molecule has 0 aliphatic rings. The summed E-state index contributed by atoms with van der Waals surface area (Å²) in [5.41, 5.74) is 6.60. The van der Waals surface area contributed by atoms with E-state index in [0.717, 1.165) is 0 Å². The number of hydrogen-bond donors (Lipinski definition) is 1. The summed E-state index contributed by atoms with van der Waals surface area (Å²) < 4.78 is 18.7. The first-order chi connectivity index (χ1) is 8.66. The Labute approximate surface area is 109 Å². The van der Waals surface area contributed by atoms with Crippen LogP contribution in [0.4, 0.5) is 4.39 Å². The number of thiocarbonyl (C=S) groups is 1. The summed E-state index contributed by atoms with van der Waals surface area (Å²) in [6, 6.07) is 9.81. The number of rotatable bonds is 4. The topological polar surface area (TPSA) is 48.1 Å². The van der Waals surface area contributed by atoms with Crippen LogP contribution in [0.15, 0.2) is 42.6 Å². The summed E-state index contributed by atoms with van der Waals surface area (Å²) in [5.74, 6) is 0.107. The van der Waals surface area contributed by atoms with Gasteiger partial charge in [0.15, 0.2) is 0 Å². The number of hydrogen-bond acceptors (Lipinski definition) is 3. The number of halogens is 1. The molecule has 1 heterocycles. The fraction of sp³-hybridized carbons (Fsp3) is 0.0769. The van der Waals surface area contributed by atoms with E-state index < -0.39 is 0 Å². The summed E-state index contributed by atoms with van der Waals surface area (Å²) in [4.78, 5) is 4.31. The van der Waals surface area contributed by atoms with Crippen LogP contribution in [0.25, 0.3) is 0 Å². The van der Waals surface area contributed by atoms with Gasteiger partial charge in [0.2, 0.25) is 5.88 Å². The molecule has 92 valence electrons. The molecular weight excluding hydrogens is 251 g/mol. The zero-order chi connectivity index (χ0) is 13.0. The van der Waals surface area contributed by atoms with E-state index in [4.69, 9.17) is 22.7 Å². The molecule has 2 aromatic rings. The molecule has 18 heavy (non-hydrogen) atoms. The summed E-state index contributed by atoms with van der Waals surface area (Å²) in [6.07, 6.45) is 1.53. The molecule has 0 aliphatic heterocycles. The van der Waals surface area contributed by atoms with E-state index in [1.54, 1.807) is 30.3 Å². The molecule has 0 bridgehead atoms. The number of pyridine rings is 1. The van der Waals surface area contributed by atoms with Crippen molar-refractivity contribution >= 4 is 17.2 Å². The predicted molar refractivity (Wildman–Crippen MR) is 70.9 cm³/mol. The summed E-state index contributed by atoms with van der Waals surface area (Å²) in [7, 11) is 0. The second-order valence-corrected chi connectivity index (χ2v) is 4.07. The predicted octanol–water partition coefficient (Wildman–Crippen LogP) is 2.43. The van der Waals surface area contributed by atoms with Crippen LogP contribution in [0.1, 0.15) is 11.1 Å². The van der Waals surface area contributed by atoms with Crippen molar-refractivity contribution in [1.82, 2.24) is 4.98 Å². The Morgan fingerprint density at radius 1 is 1.28 bits per heavy atom. The van der Waals surface area contributed by atoms with E-state index >= 15 is 0 Å². The lowest BCUT2D eigenvalue weighted by Crippen LogP contribution is -2.09. The molecule has 3 nitrogen and oxygen atoms in total. The molecule has 0 saturated carbocycles. The van der Waals surface area contributed by atoms with Gasteiger partial charge in [-0.25, -0.2) is 9.37 Å². The molecule has 1 aromatic heterocycles. The molecule has 0 aliphatic carbocycles. The Morgan fingerprint density at radius 3 is 2.67 bits per heavy atom. The fourth-order valence-corrected chi connectivity index (χ4v) is 1.50. The van der Waals surface area contributed by atoms with Crippen LogP contribution in [-0.4, -0.2) is 9.97 Å². The molecule has 0 atom stereocenters. The van der Waals surface area contributed by atoms with Crippen molar-refractivity contribution in [2.45, 2.75) is 6.61 Å². The first kappa shape index (κ1) is 12.4. The molecule has 2 rings (SSSR count). The third-order valence-electron chi connectivity index (χ3n) is 2.35. The van der Waals surface area contributed by atoms with Crippen molar-refractivity contribution in [2.24, 2.45) is 5.73 Å². The Morgan fingerprint density at radius 2 is 2.06 bits per heavy atom. The maximum atomic E-state index is 13.3. The van der Waals surface area contributed by atoms with E-state index in [0.29, 0.717) is 17.0 Å². The first-order valence-corrected chi connectivity index (χ1v) is 5.69. The standard InChI is InChI=1S/C13H11FN2OS/c14-11-4-2-1-3-10(11)8-17-12-6-5-9(7-16-12)13(15)18/h1-7H,8H2,(H2,15,18). The van der Waals surface area contributed by atoms with Gasteiger partial charge in [0, 0.05) is 23.4 Å². The number of benzene rings is 1. The minimum Gasteiger partial charge on any atom is -0.473 e. The van der Waals surface area contributed by atoms with E-state index in [1.807, 2.05) is 0 Å². The van der Waals surface area contributed by atoms with Gasteiger partial charge in [0.05, 0.1) is 0 Å². The van der Waals surface area contributed by atoms with Crippen molar-refractivity contribution in [3.8, 4) is 5.88 Å². The van der Waals surface area contributed by atoms with Gasteiger partial charge in [-0.05, 0) is 12.1 Å². The monoisotopic (exact) mass is 262 g/mol. The Bertz CT molecular complexity index is 557. The first-order valence-electron chi connectivity index (χ1n) is 5.29. The van der Waals surface area contributed by atoms with Crippen LogP contribution in [0, 0.1) is 5.82 Å². The van der Waals surface area contributed by atoms with Gasteiger partial charge >= 0.3 is 0 Å². The molecule has 0 spiro atoms. The second kappa shape index (κ2) is 5.55. The molecule has 0 unspecified atom stereocenters. The molecule has 5 heteroatoms. The largest absolute Gasteiger partial charge is 0.473 e. The SMILES string of the molecule is NC(=S)c1ccc(OCc2ccccc2F)nc1. The molecule has 2 N–H and O–H groups in total. The third-order valence-corrected chi connectivity index (χ3v) is 2.59. The number of ether oxygens (including phenoxy) is 1. The number of nitrogens with two attached hydrogens (primary N) is 1. The highest BCUT2D eigenvalue weighted by molar-refractivity contribution is 7.80. The molecular formula is C13H11FN2OS. The minimum absolute atomic E-state index is 0.131. The highest BCUT2D eigenvalue weighted by Gasteiger charge is 2.03. The summed E-state index contributed by atoms with van der Waals surface area (Å²) in [6.45, 7) is 0.131. The lowest BCUT2D eigenvalue weighted by molar-refractivity contribution is 0.288. The van der Waals surface area contributed by atoms with Crippen LogP contribution in [0.2, 0.25) is 0 Å². The van der Waals surface area contributed by atoms with Crippen LogP contribution >= 0.6 is 12.2 Å². The highest BCUT2D eigenvalue weighted by atomic mass is 32.1. The van der Waals surface area contributed by atoms with Gasteiger partial charge in [-0.15, -0.1) is 0 Å². The van der Waals surface area contributed by atoms with Crippen molar-refractivity contribution < 1.29 is 9.13 Å². The van der Waals surface area contributed by atoms with E-state index in [-0.39, 0.29) is 17.4 Å². The lowest BCUT2D eigenvalue weighted by Gasteiger charge is -2.06. The normalized spacial score (nSPS) is 10.1. The summed E-state index contributed by atoms with van der Waals surface area (Å²) >= 11 is 4.81. The average molecular weight is 262 g/mol. The Kier molecular flexibility index (Phi) is 3.84. The van der Waals surface area contributed by atoms with Crippen LogP contribution < -0.4 is 10.5 Å². The third kappa shape index (κ3) is 3.01. The highest BCUT2D eigenvalue weighted by Crippen LogP contribution is 2.12. The fourth-order valence-electron chi connectivity index (χ4n) is 1.38. The lowest BCUT2D eigenvalue weighted by atomic mass is 10.2. The van der Waals surface area contributed by atoms with Gasteiger partial charge < -0.3 is 10.5 Å². The van der Waals surface area contributed by atoms with Gasteiger partial charge in [-0.2, -0.15) is 0 Å². The van der Waals surface area contributed by atoms with Crippen LogP contribution in [0.5, 0.6) is 5.88 Å². The van der Waals surface area contributed by atoms with Gasteiger partial charge in [-0.3, -0.25) is 0 Å². The van der Waals surface area contributed by atoms with E-state index in [1.165, 1.54) is 12.3 Å². The maximum absolute atomic E-state index is 13.3. The number of nitrogens with zero attached hydrogens (tertiary/aromatic N) is 1. The average Bonchev–Trinajstić information content (AvgIpc) is 2.38.